The monoisotopic (exact) mass is 434 g/mol. The van der Waals surface area contributed by atoms with E-state index in [1.807, 2.05) is 60.7 Å². The fourth-order valence-corrected chi connectivity index (χ4v) is 5.07. The summed E-state index contributed by atoms with van der Waals surface area (Å²) in [6.45, 7) is 0. The van der Waals surface area contributed by atoms with Crippen LogP contribution in [0.2, 0.25) is 10.0 Å². The Morgan fingerprint density at radius 3 is 2.17 bits per heavy atom. The first-order valence-corrected chi connectivity index (χ1v) is 10.7. The van der Waals surface area contributed by atoms with Crippen LogP contribution in [0.4, 0.5) is 11.4 Å². The molecule has 150 valence electrons. The highest BCUT2D eigenvalue weighted by Gasteiger charge is 2.37. The molecule has 0 saturated carbocycles. The number of carbonyl (C=O) groups excluding carboxylic acids is 1. The highest BCUT2D eigenvalue weighted by atomic mass is 35.5. The molecule has 1 heterocycles. The summed E-state index contributed by atoms with van der Waals surface area (Å²) < 4.78 is 0. The van der Waals surface area contributed by atoms with Gasteiger partial charge in [0.25, 0.3) is 0 Å². The molecule has 1 aliphatic heterocycles. The number of benzene rings is 3. The summed E-state index contributed by atoms with van der Waals surface area (Å²) >= 11 is 13.1. The van der Waals surface area contributed by atoms with Crippen molar-refractivity contribution in [2.24, 2.45) is 0 Å². The van der Waals surface area contributed by atoms with Gasteiger partial charge in [0, 0.05) is 33.3 Å². The van der Waals surface area contributed by atoms with Crippen molar-refractivity contribution in [1.29, 1.82) is 0 Å². The molecule has 0 fully saturated rings. The number of hydrogen-bond donors (Lipinski definition) is 2. The maximum Gasteiger partial charge on any atom is 0.163 e. The predicted octanol–water partition coefficient (Wildman–Crippen LogP) is 6.97. The second kappa shape index (κ2) is 7.82. The number of hydrogen-bond acceptors (Lipinski definition) is 3. The SMILES string of the molecule is O=C1C[C@H](c2ccccc2)CC2=C1[C@H](c1c(Cl)cccc1Cl)Nc1ccccc1N2. The molecule has 0 radical (unpaired) electrons. The average Bonchev–Trinajstić information content (AvgIpc) is 2.91. The summed E-state index contributed by atoms with van der Waals surface area (Å²) in [6.07, 6.45) is 1.21. The first kappa shape index (κ1) is 19.2. The molecule has 0 bridgehead atoms. The maximum atomic E-state index is 13.5. The van der Waals surface area contributed by atoms with Gasteiger partial charge in [0.2, 0.25) is 0 Å². The predicted molar refractivity (Wildman–Crippen MR) is 123 cm³/mol. The molecule has 30 heavy (non-hydrogen) atoms. The molecule has 3 nitrogen and oxygen atoms in total. The van der Waals surface area contributed by atoms with Crippen molar-refractivity contribution in [2.75, 3.05) is 10.6 Å². The van der Waals surface area contributed by atoms with Crippen LogP contribution in [0, 0.1) is 0 Å². The van der Waals surface area contributed by atoms with Crippen molar-refractivity contribution in [3.8, 4) is 0 Å². The van der Waals surface area contributed by atoms with E-state index in [0.29, 0.717) is 22.0 Å². The third kappa shape index (κ3) is 3.38. The quantitative estimate of drug-likeness (QED) is 0.457. The number of fused-ring (bicyclic) bond motifs is 1. The van der Waals surface area contributed by atoms with E-state index >= 15 is 0 Å². The van der Waals surface area contributed by atoms with Crippen LogP contribution in [-0.4, -0.2) is 5.78 Å². The number of rotatable bonds is 2. The molecule has 2 atom stereocenters. The van der Waals surface area contributed by atoms with E-state index in [0.717, 1.165) is 29.1 Å². The van der Waals surface area contributed by atoms with Crippen molar-refractivity contribution in [3.05, 3.63) is 105 Å². The summed E-state index contributed by atoms with van der Waals surface area (Å²) in [6, 6.07) is 23.2. The standard InChI is InChI=1S/C25H20Cl2N2O/c26-17-9-6-10-18(27)23(17)25-24-21(28-19-11-4-5-12-20(19)29-25)13-16(14-22(24)30)15-7-2-1-3-8-15/h1-12,16,25,28-29H,13-14H2/t16-,25+/m1/s1. The number of allylic oxidation sites excluding steroid dienone is 1. The fraction of sp³-hybridized carbons (Fsp3) is 0.160. The smallest absolute Gasteiger partial charge is 0.163 e. The lowest BCUT2D eigenvalue weighted by atomic mass is 9.78. The van der Waals surface area contributed by atoms with Gasteiger partial charge in [-0.1, -0.05) is 71.7 Å². The molecule has 0 amide bonds. The second-order valence-corrected chi connectivity index (χ2v) is 8.53. The van der Waals surface area contributed by atoms with Crippen LogP contribution < -0.4 is 10.6 Å². The van der Waals surface area contributed by atoms with Gasteiger partial charge in [-0.3, -0.25) is 4.79 Å². The van der Waals surface area contributed by atoms with Crippen LogP contribution in [0.3, 0.4) is 0 Å². The zero-order chi connectivity index (χ0) is 20.7. The Labute approximate surface area is 185 Å². The Hall–Kier alpha value is -2.75. The molecule has 5 heteroatoms. The first-order chi connectivity index (χ1) is 14.6. The average molecular weight is 435 g/mol. The summed E-state index contributed by atoms with van der Waals surface area (Å²) in [7, 11) is 0. The van der Waals surface area contributed by atoms with E-state index in [4.69, 9.17) is 23.2 Å². The fourth-order valence-electron chi connectivity index (χ4n) is 4.46. The highest BCUT2D eigenvalue weighted by molar-refractivity contribution is 6.36. The van der Waals surface area contributed by atoms with Crippen LogP contribution in [0.15, 0.2) is 84.1 Å². The number of nitrogens with one attached hydrogen (secondary N) is 2. The summed E-state index contributed by atoms with van der Waals surface area (Å²) in [5.74, 6) is 0.247. The normalized spacial score (nSPS) is 20.5. The first-order valence-electron chi connectivity index (χ1n) is 9.99. The van der Waals surface area contributed by atoms with Crippen LogP contribution in [0.25, 0.3) is 0 Å². The molecule has 5 rings (SSSR count). The van der Waals surface area contributed by atoms with Crippen molar-refractivity contribution in [3.63, 3.8) is 0 Å². The molecule has 1 aliphatic carbocycles. The lowest BCUT2D eigenvalue weighted by Crippen LogP contribution is -2.27. The molecule has 0 spiro atoms. The van der Waals surface area contributed by atoms with Crippen LogP contribution in [0.5, 0.6) is 0 Å². The van der Waals surface area contributed by atoms with Crippen molar-refractivity contribution in [2.45, 2.75) is 24.8 Å². The van der Waals surface area contributed by atoms with E-state index in [-0.39, 0.29) is 11.7 Å². The van der Waals surface area contributed by atoms with Crippen LogP contribution >= 0.6 is 23.2 Å². The molecule has 0 unspecified atom stereocenters. The van der Waals surface area contributed by atoms with Crippen molar-refractivity contribution >= 4 is 40.4 Å². The zero-order valence-corrected chi connectivity index (χ0v) is 17.7. The van der Waals surface area contributed by atoms with E-state index in [9.17, 15) is 4.79 Å². The number of halogens is 2. The van der Waals surface area contributed by atoms with Gasteiger partial charge < -0.3 is 10.6 Å². The van der Waals surface area contributed by atoms with Gasteiger partial charge in [0.15, 0.2) is 5.78 Å². The Morgan fingerprint density at radius 2 is 1.43 bits per heavy atom. The van der Waals surface area contributed by atoms with E-state index < -0.39 is 6.04 Å². The number of Topliss-reactive ketones (excluding diaryl/α,β-unsaturated/α-hetero) is 1. The zero-order valence-electron chi connectivity index (χ0n) is 16.2. The number of ketones is 1. The van der Waals surface area contributed by atoms with Gasteiger partial charge in [-0.2, -0.15) is 0 Å². The molecular formula is C25H20Cl2N2O. The van der Waals surface area contributed by atoms with Crippen LogP contribution in [-0.2, 0) is 4.79 Å². The minimum Gasteiger partial charge on any atom is -0.372 e. The summed E-state index contributed by atoms with van der Waals surface area (Å²) in [4.78, 5) is 13.5. The minimum atomic E-state index is -0.415. The molecule has 3 aromatic carbocycles. The third-order valence-electron chi connectivity index (χ3n) is 5.87. The number of para-hydroxylation sites is 2. The van der Waals surface area contributed by atoms with Gasteiger partial charge >= 0.3 is 0 Å². The minimum absolute atomic E-state index is 0.110. The van der Waals surface area contributed by atoms with Gasteiger partial charge in [-0.25, -0.2) is 0 Å². The Morgan fingerprint density at radius 1 is 0.767 bits per heavy atom. The maximum absolute atomic E-state index is 13.5. The largest absolute Gasteiger partial charge is 0.372 e. The lowest BCUT2D eigenvalue weighted by molar-refractivity contribution is -0.116. The summed E-state index contributed by atoms with van der Waals surface area (Å²) in [5, 5.41) is 8.16. The molecule has 3 aromatic rings. The van der Waals surface area contributed by atoms with Crippen LogP contribution in [0.1, 0.15) is 35.9 Å². The molecule has 0 saturated heterocycles. The Kier molecular flexibility index (Phi) is 5.01. The van der Waals surface area contributed by atoms with E-state index in [1.54, 1.807) is 0 Å². The summed E-state index contributed by atoms with van der Waals surface area (Å²) in [5.41, 5.74) is 5.41. The van der Waals surface area contributed by atoms with Gasteiger partial charge in [-0.05, 0) is 42.2 Å². The van der Waals surface area contributed by atoms with Crippen molar-refractivity contribution < 1.29 is 4.79 Å². The van der Waals surface area contributed by atoms with Gasteiger partial charge in [-0.15, -0.1) is 0 Å². The molecule has 0 aromatic heterocycles. The van der Waals surface area contributed by atoms with E-state index in [1.165, 1.54) is 5.56 Å². The second-order valence-electron chi connectivity index (χ2n) is 7.71. The molecule has 2 aliphatic rings. The number of carbonyl (C=O) groups is 1. The number of anilines is 2. The van der Waals surface area contributed by atoms with Gasteiger partial charge in [0.05, 0.1) is 17.4 Å². The van der Waals surface area contributed by atoms with Gasteiger partial charge in [0.1, 0.15) is 0 Å². The Balaban J connectivity index is 1.66. The third-order valence-corrected chi connectivity index (χ3v) is 6.53. The highest BCUT2D eigenvalue weighted by Crippen LogP contribution is 2.46. The molecular weight excluding hydrogens is 415 g/mol. The Bertz CT molecular complexity index is 1140. The van der Waals surface area contributed by atoms with Crippen molar-refractivity contribution in [1.82, 2.24) is 0 Å². The topological polar surface area (TPSA) is 41.1 Å². The molecule has 2 N–H and O–H groups in total. The lowest BCUT2D eigenvalue weighted by Gasteiger charge is -2.30. The van der Waals surface area contributed by atoms with E-state index in [2.05, 4.69) is 22.8 Å².